The van der Waals surface area contributed by atoms with Crippen LogP contribution in [-0.2, 0) is 15.6 Å². The van der Waals surface area contributed by atoms with Gasteiger partial charge in [-0.05, 0) is 36.2 Å². The van der Waals surface area contributed by atoms with Crippen LogP contribution >= 0.6 is 27.5 Å². The third-order valence-corrected chi connectivity index (χ3v) is 5.79. The molecule has 0 saturated carbocycles. The zero-order valence-electron chi connectivity index (χ0n) is 12.3. The highest BCUT2D eigenvalue weighted by molar-refractivity contribution is 9.09. The van der Waals surface area contributed by atoms with E-state index in [9.17, 15) is 13.2 Å². The Morgan fingerprint density at radius 3 is 2.00 bits per heavy atom. The van der Waals surface area contributed by atoms with Crippen molar-refractivity contribution in [2.24, 2.45) is 0 Å². The van der Waals surface area contributed by atoms with Gasteiger partial charge in [0.25, 0.3) is 0 Å². The monoisotopic (exact) mass is 414 g/mol. The standard InChI is InChI=1S/C17H16BrClO3S/c18-10-1-11-23(21,22)12-13-2-4-14(5-3-13)17(20)15-6-8-16(19)9-7-15/h2-9H,1,10-12H2. The number of benzene rings is 2. The van der Waals surface area contributed by atoms with Crippen molar-refractivity contribution < 1.29 is 13.2 Å². The van der Waals surface area contributed by atoms with Crippen molar-refractivity contribution in [2.45, 2.75) is 12.2 Å². The average Bonchev–Trinajstić information content (AvgIpc) is 2.53. The molecule has 0 atom stereocenters. The van der Waals surface area contributed by atoms with Gasteiger partial charge in [-0.25, -0.2) is 8.42 Å². The SMILES string of the molecule is O=C(c1ccc(Cl)cc1)c1ccc(CS(=O)(=O)CCCBr)cc1. The second-order valence-electron chi connectivity index (χ2n) is 5.17. The number of ketones is 1. The van der Waals surface area contributed by atoms with E-state index in [-0.39, 0.29) is 17.3 Å². The molecule has 0 fully saturated rings. The molecule has 0 saturated heterocycles. The van der Waals surface area contributed by atoms with Crippen LogP contribution in [0.1, 0.15) is 27.9 Å². The van der Waals surface area contributed by atoms with E-state index >= 15 is 0 Å². The first-order valence-electron chi connectivity index (χ1n) is 7.07. The second kappa shape index (κ2) is 8.08. The highest BCUT2D eigenvalue weighted by Crippen LogP contribution is 2.16. The summed E-state index contributed by atoms with van der Waals surface area (Å²) in [4.78, 5) is 12.3. The largest absolute Gasteiger partial charge is 0.289 e. The maximum absolute atomic E-state index is 12.3. The van der Waals surface area contributed by atoms with Gasteiger partial charge in [0.15, 0.2) is 15.6 Å². The van der Waals surface area contributed by atoms with Gasteiger partial charge in [-0.2, -0.15) is 0 Å². The zero-order valence-corrected chi connectivity index (χ0v) is 15.5. The predicted octanol–water partition coefficient (Wildman–Crippen LogP) is 4.27. The summed E-state index contributed by atoms with van der Waals surface area (Å²) in [5, 5.41) is 1.24. The molecule has 2 rings (SSSR count). The summed E-state index contributed by atoms with van der Waals surface area (Å²) in [6, 6.07) is 13.4. The van der Waals surface area contributed by atoms with Crippen LogP contribution in [0.4, 0.5) is 0 Å². The second-order valence-corrected chi connectivity index (χ2v) is 8.58. The molecule has 0 radical (unpaired) electrons. The number of carbonyl (C=O) groups is 1. The van der Waals surface area contributed by atoms with Crippen molar-refractivity contribution in [3.05, 3.63) is 70.2 Å². The quantitative estimate of drug-likeness (QED) is 0.501. The molecule has 0 bridgehead atoms. The lowest BCUT2D eigenvalue weighted by Crippen LogP contribution is -2.10. The Kier molecular flexibility index (Phi) is 6.39. The van der Waals surface area contributed by atoms with E-state index in [0.717, 1.165) is 0 Å². The van der Waals surface area contributed by atoms with E-state index in [0.29, 0.717) is 33.5 Å². The van der Waals surface area contributed by atoms with E-state index in [1.807, 2.05) is 0 Å². The molecule has 0 amide bonds. The van der Waals surface area contributed by atoms with Crippen LogP contribution in [0, 0.1) is 0 Å². The third kappa shape index (κ3) is 5.44. The Balaban J connectivity index is 2.10. The Hall–Kier alpha value is -1.17. The molecule has 0 aliphatic heterocycles. The van der Waals surface area contributed by atoms with Crippen LogP contribution in [0.25, 0.3) is 0 Å². The number of carbonyl (C=O) groups excluding carboxylic acids is 1. The van der Waals surface area contributed by atoms with Gasteiger partial charge in [0.2, 0.25) is 0 Å². The minimum Gasteiger partial charge on any atom is -0.289 e. The van der Waals surface area contributed by atoms with Crippen LogP contribution in [0.15, 0.2) is 48.5 Å². The van der Waals surface area contributed by atoms with E-state index in [1.165, 1.54) is 0 Å². The van der Waals surface area contributed by atoms with Gasteiger partial charge in [0.05, 0.1) is 11.5 Å². The lowest BCUT2D eigenvalue weighted by molar-refractivity contribution is 0.103. The van der Waals surface area contributed by atoms with Crippen LogP contribution in [-0.4, -0.2) is 25.3 Å². The molecule has 0 aromatic heterocycles. The van der Waals surface area contributed by atoms with Crippen LogP contribution in [0.5, 0.6) is 0 Å². The summed E-state index contributed by atoms with van der Waals surface area (Å²) < 4.78 is 23.9. The molecule has 0 aliphatic rings. The van der Waals surface area contributed by atoms with Crippen LogP contribution in [0.3, 0.4) is 0 Å². The minimum absolute atomic E-state index is 0.00455. The topological polar surface area (TPSA) is 51.2 Å². The fourth-order valence-electron chi connectivity index (χ4n) is 2.12. The summed E-state index contributed by atoms with van der Waals surface area (Å²) in [6.45, 7) is 0. The smallest absolute Gasteiger partial charge is 0.193 e. The summed E-state index contributed by atoms with van der Waals surface area (Å²) in [7, 11) is -3.12. The van der Waals surface area contributed by atoms with Crippen LogP contribution in [0.2, 0.25) is 5.02 Å². The molecule has 2 aromatic carbocycles. The lowest BCUT2D eigenvalue weighted by Gasteiger charge is -2.05. The van der Waals surface area contributed by atoms with E-state index in [4.69, 9.17) is 11.6 Å². The average molecular weight is 416 g/mol. The highest BCUT2D eigenvalue weighted by atomic mass is 79.9. The summed E-state index contributed by atoms with van der Waals surface area (Å²) >= 11 is 9.04. The fourth-order valence-corrected chi connectivity index (χ4v) is 4.33. The number of sulfone groups is 1. The van der Waals surface area contributed by atoms with Gasteiger partial charge in [0.1, 0.15) is 0 Å². The summed E-state index contributed by atoms with van der Waals surface area (Å²) in [5.74, 6) is 0.0365. The third-order valence-electron chi connectivity index (χ3n) is 3.30. The number of hydrogen-bond donors (Lipinski definition) is 0. The molecular formula is C17H16BrClO3S. The van der Waals surface area contributed by atoms with E-state index in [2.05, 4.69) is 15.9 Å². The van der Waals surface area contributed by atoms with E-state index < -0.39 is 9.84 Å². The first-order chi connectivity index (χ1) is 10.9. The Labute approximate surface area is 149 Å². The number of alkyl halides is 1. The van der Waals surface area contributed by atoms with Gasteiger partial charge in [0, 0.05) is 21.5 Å². The van der Waals surface area contributed by atoms with Crippen molar-refractivity contribution in [2.75, 3.05) is 11.1 Å². The molecule has 122 valence electrons. The Bertz CT molecular complexity index is 768. The Morgan fingerprint density at radius 1 is 0.957 bits per heavy atom. The normalized spacial score (nSPS) is 11.4. The maximum atomic E-state index is 12.3. The van der Waals surface area contributed by atoms with Gasteiger partial charge in [-0.3, -0.25) is 4.79 Å². The van der Waals surface area contributed by atoms with E-state index in [1.54, 1.807) is 48.5 Å². The van der Waals surface area contributed by atoms with Crippen molar-refractivity contribution in [3.8, 4) is 0 Å². The van der Waals surface area contributed by atoms with Gasteiger partial charge in [-0.15, -0.1) is 0 Å². The van der Waals surface area contributed by atoms with Crippen molar-refractivity contribution in [1.29, 1.82) is 0 Å². The first kappa shape index (κ1) is 18.2. The molecule has 0 N–H and O–H groups in total. The molecule has 0 unspecified atom stereocenters. The van der Waals surface area contributed by atoms with Crippen molar-refractivity contribution in [1.82, 2.24) is 0 Å². The highest BCUT2D eigenvalue weighted by Gasteiger charge is 2.13. The fraction of sp³-hybridized carbons (Fsp3) is 0.235. The molecule has 23 heavy (non-hydrogen) atoms. The molecule has 0 heterocycles. The summed E-state index contributed by atoms with van der Waals surface area (Å²) in [5.41, 5.74) is 1.76. The van der Waals surface area contributed by atoms with Crippen LogP contribution < -0.4 is 0 Å². The molecule has 2 aromatic rings. The number of rotatable bonds is 7. The number of halogens is 2. The van der Waals surface area contributed by atoms with Gasteiger partial charge >= 0.3 is 0 Å². The first-order valence-corrected chi connectivity index (χ1v) is 10.4. The molecule has 6 heteroatoms. The van der Waals surface area contributed by atoms with Gasteiger partial charge in [-0.1, -0.05) is 51.8 Å². The van der Waals surface area contributed by atoms with Crippen molar-refractivity contribution >= 4 is 43.2 Å². The maximum Gasteiger partial charge on any atom is 0.193 e. The summed E-state index contributed by atoms with van der Waals surface area (Å²) in [6.07, 6.45) is 0.593. The Morgan fingerprint density at radius 2 is 1.48 bits per heavy atom. The molecule has 0 spiro atoms. The molecule has 0 aliphatic carbocycles. The lowest BCUT2D eigenvalue weighted by atomic mass is 10.0. The zero-order chi connectivity index (χ0) is 16.9. The predicted molar refractivity (Wildman–Crippen MR) is 97.2 cm³/mol. The van der Waals surface area contributed by atoms with Gasteiger partial charge < -0.3 is 0 Å². The van der Waals surface area contributed by atoms with Crippen molar-refractivity contribution in [3.63, 3.8) is 0 Å². The number of hydrogen-bond acceptors (Lipinski definition) is 3. The molecule has 3 nitrogen and oxygen atoms in total. The molecular weight excluding hydrogens is 400 g/mol. The minimum atomic E-state index is -3.12.